The van der Waals surface area contributed by atoms with Crippen LogP contribution in [0, 0.1) is 0 Å². The zero-order valence-corrected chi connectivity index (χ0v) is 28.4. The van der Waals surface area contributed by atoms with Crippen molar-refractivity contribution in [3.8, 4) is 33.4 Å². The van der Waals surface area contributed by atoms with Gasteiger partial charge in [-0.2, -0.15) is 0 Å². The van der Waals surface area contributed by atoms with E-state index in [0.717, 1.165) is 61.3 Å². The van der Waals surface area contributed by atoms with Crippen molar-refractivity contribution in [2.45, 2.75) is 0 Å². The van der Waals surface area contributed by atoms with E-state index < -0.39 is 0 Å². The number of rotatable bonds is 6. The van der Waals surface area contributed by atoms with E-state index in [0.29, 0.717) is 0 Å². The minimum Gasteiger partial charge on any atom is -0.453 e. The third kappa shape index (κ3) is 5.04. The quantitative estimate of drug-likeness (QED) is 0.176. The van der Waals surface area contributed by atoms with E-state index in [-0.39, 0.29) is 0 Å². The summed E-state index contributed by atoms with van der Waals surface area (Å²) in [6, 6.07) is 71.5. The zero-order valence-electron chi connectivity index (χ0n) is 28.4. The predicted molar refractivity (Wildman–Crippen MR) is 220 cm³/mol. The lowest BCUT2D eigenvalue weighted by atomic mass is 9.93. The Hall–Kier alpha value is -6.90. The maximum absolute atomic E-state index is 7.21. The Morgan fingerprint density at radius 2 is 0.923 bits per heavy atom. The first-order valence-corrected chi connectivity index (χ1v) is 17.8. The second-order valence-electron chi connectivity index (χ2n) is 13.3. The second kappa shape index (κ2) is 12.5. The molecule has 0 unspecified atom stereocenters. The maximum Gasteiger partial charge on any atom is 0.159 e. The Morgan fingerprint density at radius 3 is 1.73 bits per heavy atom. The van der Waals surface area contributed by atoms with Gasteiger partial charge in [0.15, 0.2) is 5.58 Å². The largest absolute Gasteiger partial charge is 0.453 e. The Balaban J connectivity index is 1.25. The van der Waals surface area contributed by atoms with Crippen molar-refractivity contribution in [2.24, 2.45) is 0 Å². The van der Waals surface area contributed by atoms with E-state index in [1.807, 2.05) is 0 Å². The Morgan fingerprint density at radius 1 is 0.327 bits per heavy atom. The van der Waals surface area contributed by atoms with Gasteiger partial charge < -0.3 is 9.32 Å². The molecular weight excluding hydrogens is 631 g/mol. The minimum absolute atomic E-state index is 0.852. The van der Waals surface area contributed by atoms with Crippen molar-refractivity contribution >= 4 is 60.5 Å². The molecule has 0 bridgehead atoms. The summed E-state index contributed by atoms with van der Waals surface area (Å²) in [5.41, 5.74) is 11.8. The van der Waals surface area contributed by atoms with Gasteiger partial charge in [-0.3, -0.25) is 0 Å². The van der Waals surface area contributed by atoms with Crippen LogP contribution in [0.3, 0.4) is 0 Å². The molecule has 0 amide bonds. The Bertz CT molecular complexity index is 2890. The molecular formula is C50H33NO. The van der Waals surface area contributed by atoms with Crippen LogP contribution in [0.25, 0.3) is 76.9 Å². The fourth-order valence-corrected chi connectivity index (χ4v) is 7.76. The van der Waals surface area contributed by atoms with Gasteiger partial charge in [-0.15, -0.1) is 0 Å². The molecule has 244 valence electrons. The van der Waals surface area contributed by atoms with Gasteiger partial charge in [-0.1, -0.05) is 164 Å². The van der Waals surface area contributed by atoms with Gasteiger partial charge in [0.1, 0.15) is 5.58 Å². The van der Waals surface area contributed by atoms with Crippen molar-refractivity contribution in [1.29, 1.82) is 0 Å². The summed E-state index contributed by atoms with van der Waals surface area (Å²) in [6.07, 6.45) is 0. The SMILES string of the molecule is c1ccc(-c2ccc(N(c3ccccc3-c3ccccc3)c3cccc4c3oc3c(-c5ccc6ccccc6c5)c5ccccc5cc34)cc2)cc1. The maximum atomic E-state index is 7.21. The monoisotopic (exact) mass is 663 g/mol. The van der Waals surface area contributed by atoms with Crippen LogP contribution in [-0.2, 0) is 0 Å². The van der Waals surface area contributed by atoms with Crippen LogP contribution in [0.15, 0.2) is 205 Å². The molecule has 1 aromatic heterocycles. The highest BCUT2D eigenvalue weighted by molar-refractivity contribution is 6.20. The van der Waals surface area contributed by atoms with Gasteiger partial charge in [-0.05, 0) is 80.2 Å². The molecule has 0 atom stereocenters. The van der Waals surface area contributed by atoms with Crippen molar-refractivity contribution in [1.82, 2.24) is 0 Å². The fraction of sp³-hybridized carbons (Fsp3) is 0. The van der Waals surface area contributed by atoms with Crippen LogP contribution in [0.1, 0.15) is 0 Å². The molecule has 0 aliphatic carbocycles. The molecule has 0 spiro atoms. The lowest BCUT2D eigenvalue weighted by Crippen LogP contribution is -2.11. The van der Waals surface area contributed by atoms with E-state index in [1.54, 1.807) is 0 Å². The Labute approximate surface area is 302 Å². The topological polar surface area (TPSA) is 16.4 Å². The highest BCUT2D eigenvalue weighted by atomic mass is 16.3. The van der Waals surface area contributed by atoms with Gasteiger partial charge in [0.25, 0.3) is 0 Å². The number of para-hydroxylation sites is 2. The number of anilines is 3. The van der Waals surface area contributed by atoms with Crippen LogP contribution in [0.2, 0.25) is 0 Å². The van der Waals surface area contributed by atoms with E-state index in [9.17, 15) is 0 Å². The Kier molecular flexibility index (Phi) is 7.18. The van der Waals surface area contributed by atoms with Gasteiger partial charge in [0.2, 0.25) is 0 Å². The molecule has 0 saturated heterocycles. The lowest BCUT2D eigenvalue weighted by Gasteiger charge is -2.28. The highest BCUT2D eigenvalue weighted by Gasteiger charge is 2.24. The molecule has 0 N–H and O–H groups in total. The summed E-state index contributed by atoms with van der Waals surface area (Å²) in [7, 11) is 0. The molecule has 2 nitrogen and oxygen atoms in total. The summed E-state index contributed by atoms with van der Waals surface area (Å²) < 4.78 is 7.21. The molecule has 2 heteroatoms. The van der Waals surface area contributed by atoms with Crippen LogP contribution < -0.4 is 4.90 Å². The summed E-state index contributed by atoms with van der Waals surface area (Å²) in [4.78, 5) is 2.36. The normalized spacial score (nSPS) is 11.5. The van der Waals surface area contributed by atoms with Crippen molar-refractivity contribution in [3.05, 3.63) is 200 Å². The summed E-state index contributed by atoms with van der Waals surface area (Å²) in [5, 5.41) is 6.99. The third-order valence-electron chi connectivity index (χ3n) is 10.2. The number of fused-ring (bicyclic) bond motifs is 5. The summed E-state index contributed by atoms with van der Waals surface area (Å²) >= 11 is 0. The molecule has 10 rings (SSSR count). The second-order valence-corrected chi connectivity index (χ2v) is 13.3. The van der Waals surface area contributed by atoms with Gasteiger partial charge in [0.05, 0.1) is 11.4 Å². The van der Waals surface area contributed by atoms with Gasteiger partial charge in [0, 0.05) is 27.6 Å². The molecule has 52 heavy (non-hydrogen) atoms. The summed E-state index contributed by atoms with van der Waals surface area (Å²) in [6.45, 7) is 0. The molecule has 0 saturated carbocycles. The predicted octanol–water partition coefficient (Wildman–Crippen LogP) is 14.4. The van der Waals surface area contributed by atoms with E-state index in [2.05, 4.69) is 205 Å². The molecule has 1 heterocycles. The molecule has 10 aromatic rings. The fourth-order valence-electron chi connectivity index (χ4n) is 7.76. The van der Waals surface area contributed by atoms with Crippen molar-refractivity contribution in [2.75, 3.05) is 4.90 Å². The standard InChI is InChI=1S/C50H33NO/c1-3-14-34(15-4-1)36-28-30-41(31-29-36)51(46-24-12-11-21-42(46)37-17-5-2-6-18-37)47-25-13-23-44-45-33-39-20-9-10-22-43(39)48(50(45)52-49(44)47)40-27-26-35-16-7-8-19-38(35)32-40/h1-33H. The first kappa shape index (κ1) is 30.0. The van der Waals surface area contributed by atoms with E-state index in [1.165, 1.54) is 32.7 Å². The number of hydrogen-bond acceptors (Lipinski definition) is 2. The minimum atomic E-state index is 0.852. The summed E-state index contributed by atoms with van der Waals surface area (Å²) in [5.74, 6) is 0. The lowest BCUT2D eigenvalue weighted by molar-refractivity contribution is 0.670. The zero-order chi connectivity index (χ0) is 34.4. The van der Waals surface area contributed by atoms with Gasteiger partial charge >= 0.3 is 0 Å². The van der Waals surface area contributed by atoms with Gasteiger partial charge in [-0.25, -0.2) is 0 Å². The first-order chi connectivity index (χ1) is 25.8. The van der Waals surface area contributed by atoms with E-state index >= 15 is 0 Å². The number of hydrogen-bond donors (Lipinski definition) is 0. The average Bonchev–Trinajstić information content (AvgIpc) is 3.60. The van der Waals surface area contributed by atoms with Crippen molar-refractivity contribution < 1.29 is 4.42 Å². The molecule has 0 radical (unpaired) electrons. The number of benzene rings is 9. The number of furan rings is 1. The third-order valence-corrected chi connectivity index (χ3v) is 10.2. The highest BCUT2D eigenvalue weighted by Crippen LogP contribution is 2.48. The first-order valence-electron chi connectivity index (χ1n) is 17.8. The smallest absolute Gasteiger partial charge is 0.159 e. The number of nitrogens with zero attached hydrogens (tertiary/aromatic N) is 1. The van der Waals surface area contributed by atoms with Crippen LogP contribution in [0.5, 0.6) is 0 Å². The van der Waals surface area contributed by atoms with Crippen molar-refractivity contribution in [3.63, 3.8) is 0 Å². The van der Waals surface area contributed by atoms with Crippen LogP contribution in [0.4, 0.5) is 17.1 Å². The molecule has 0 aliphatic heterocycles. The molecule has 0 aliphatic rings. The van der Waals surface area contributed by atoms with E-state index in [4.69, 9.17) is 4.42 Å². The molecule has 0 fully saturated rings. The molecule has 9 aromatic carbocycles. The average molecular weight is 664 g/mol. The van der Waals surface area contributed by atoms with Crippen LogP contribution in [-0.4, -0.2) is 0 Å². The van der Waals surface area contributed by atoms with Crippen LogP contribution >= 0.6 is 0 Å².